The van der Waals surface area contributed by atoms with Gasteiger partial charge in [0.15, 0.2) is 0 Å². The van der Waals surface area contributed by atoms with Crippen molar-refractivity contribution in [2.45, 2.75) is 30.9 Å². The molecule has 1 aliphatic heterocycles. The van der Waals surface area contributed by atoms with Crippen molar-refractivity contribution in [2.75, 3.05) is 33.7 Å². The van der Waals surface area contributed by atoms with E-state index in [-0.39, 0.29) is 22.4 Å². The molecule has 2 rings (SSSR count). The molecule has 2 unspecified atom stereocenters. The number of thioether (sulfide) groups is 1. The van der Waals surface area contributed by atoms with Gasteiger partial charge in [-0.3, -0.25) is 9.59 Å². The van der Waals surface area contributed by atoms with E-state index >= 15 is 0 Å². The maximum atomic E-state index is 12.5. The molecule has 0 aromatic heterocycles. The fourth-order valence-corrected chi connectivity index (χ4v) is 4.01. The molecular formula is C18H27N3O2S. The molecule has 5 nitrogen and oxygen atoms in total. The van der Waals surface area contributed by atoms with Crippen LogP contribution in [0.15, 0.2) is 24.3 Å². The highest BCUT2D eigenvalue weighted by Gasteiger charge is 2.38. The first-order valence-electron chi connectivity index (χ1n) is 8.32. The summed E-state index contributed by atoms with van der Waals surface area (Å²) < 4.78 is 0. The Kier molecular flexibility index (Phi) is 6.69. The second kappa shape index (κ2) is 8.53. The zero-order chi connectivity index (χ0) is 17.7. The van der Waals surface area contributed by atoms with E-state index in [2.05, 4.69) is 30.4 Å². The lowest BCUT2D eigenvalue weighted by Crippen LogP contribution is -2.36. The first kappa shape index (κ1) is 18.8. The van der Waals surface area contributed by atoms with Gasteiger partial charge in [-0.2, -0.15) is 0 Å². The summed E-state index contributed by atoms with van der Waals surface area (Å²) in [6.45, 7) is 5.89. The highest BCUT2D eigenvalue weighted by Crippen LogP contribution is 2.42. The van der Waals surface area contributed by atoms with Crippen LogP contribution in [0.1, 0.15) is 29.8 Å². The second-order valence-corrected chi connectivity index (χ2v) is 7.91. The van der Waals surface area contributed by atoms with Gasteiger partial charge >= 0.3 is 0 Å². The number of hydrogen-bond acceptors (Lipinski definition) is 4. The third-order valence-electron chi connectivity index (χ3n) is 4.04. The van der Waals surface area contributed by atoms with Crippen LogP contribution < -0.4 is 5.32 Å². The number of nitrogens with one attached hydrogen (secondary N) is 1. The zero-order valence-corrected chi connectivity index (χ0v) is 15.7. The van der Waals surface area contributed by atoms with Crippen molar-refractivity contribution in [3.8, 4) is 0 Å². The third-order valence-corrected chi connectivity index (χ3v) is 5.43. The molecule has 2 atom stereocenters. The molecule has 1 fully saturated rings. The Morgan fingerprint density at radius 1 is 1.38 bits per heavy atom. The number of carbonyl (C=O) groups excluding carboxylic acids is 2. The van der Waals surface area contributed by atoms with Gasteiger partial charge in [0, 0.05) is 26.1 Å². The number of likely N-dealkylation sites (N-methyl/N-ethyl adjacent to an activating group) is 1. The molecule has 132 valence electrons. The highest BCUT2D eigenvalue weighted by molar-refractivity contribution is 8.01. The molecule has 0 aliphatic carbocycles. The van der Waals surface area contributed by atoms with Crippen molar-refractivity contribution in [3.63, 3.8) is 0 Å². The average Bonchev–Trinajstić information content (AvgIpc) is 2.80. The van der Waals surface area contributed by atoms with Crippen molar-refractivity contribution in [1.29, 1.82) is 0 Å². The lowest BCUT2D eigenvalue weighted by Gasteiger charge is -2.24. The average molecular weight is 350 g/mol. The van der Waals surface area contributed by atoms with Gasteiger partial charge in [0.25, 0.3) is 0 Å². The van der Waals surface area contributed by atoms with E-state index < -0.39 is 0 Å². The third kappa shape index (κ3) is 4.98. The van der Waals surface area contributed by atoms with E-state index in [1.165, 1.54) is 5.56 Å². The molecule has 0 saturated carbocycles. The Balaban J connectivity index is 1.95. The molecule has 6 heteroatoms. The number of rotatable bonds is 7. The number of carbonyl (C=O) groups is 2. The van der Waals surface area contributed by atoms with Gasteiger partial charge in [0.1, 0.15) is 5.37 Å². The number of nitrogens with zero attached hydrogens (tertiary/aromatic N) is 2. The predicted octanol–water partition coefficient (Wildman–Crippen LogP) is 2.03. The van der Waals surface area contributed by atoms with E-state index in [9.17, 15) is 9.59 Å². The monoisotopic (exact) mass is 349 g/mol. The lowest BCUT2D eigenvalue weighted by molar-refractivity contribution is -0.130. The van der Waals surface area contributed by atoms with Crippen LogP contribution in [0.25, 0.3) is 0 Å². The molecule has 1 aromatic rings. The Hall–Kier alpha value is -1.53. The molecule has 0 bridgehead atoms. The van der Waals surface area contributed by atoms with Gasteiger partial charge in [-0.05, 0) is 33.5 Å². The molecule has 24 heavy (non-hydrogen) atoms. The Labute approximate surface area is 148 Å². The van der Waals surface area contributed by atoms with Gasteiger partial charge in [0.2, 0.25) is 11.8 Å². The van der Waals surface area contributed by atoms with E-state index in [4.69, 9.17) is 0 Å². The number of benzene rings is 1. The van der Waals surface area contributed by atoms with E-state index in [1.54, 1.807) is 11.8 Å². The van der Waals surface area contributed by atoms with Crippen molar-refractivity contribution < 1.29 is 9.59 Å². The fraction of sp³-hybridized carbons (Fsp3) is 0.556. The van der Waals surface area contributed by atoms with E-state index in [1.807, 2.05) is 36.9 Å². The van der Waals surface area contributed by atoms with E-state index in [0.717, 1.165) is 12.1 Å². The summed E-state index contributed by atoms with van der Waals surface area (Å²) >= 11 is 1.65. The van der Waals surface area contributed by atoms with Crippen molar-refractivity contribution in [3.05, 3.63) is 35.4 Å². The number of amides is 2. The normalized spacial score (nSPS) is 20.7. The lowest BCUT2D eigenvalue weighted by atomic mass is 10.1. The minimum atomic E-state index is -0.0627. The summed E-state index contributed by atoms with van der Waals surface area (Å²) in [4.78, 5) is 28.3. The van der Waals surface area contributed by atoms with Crippen molar-refractivity contribution >= 4 is 23.6 Å². The fourth-order valence-electron chi connectivity index (χ4n) is 2.71. The second-order valence-electron chi connectivity index (χ2n) is 6.48. The SMILES string of the molecule is Cc1cccc(C2SC(C)C(=O)N2CCC(=O)NCCN(C)C)c1. The van der Waals surface area contributed by atoms with Crippen LogP contribution in [0.2, 0.25) is 0 Å². The van der Waals surface area contributed by atoms with Gasteiger partial charge < -0.3 is 15.1 Å². The van der Waals surface area contributed by atoms with Crippen LogP contribution >= 0.6 is 11.8 Å². The molecule has 1 N–H and O–H groups in total. The summed E-state index contributed by atoms with van der Waals surface area (Å²) in [6.07, 6.45) is 0.342. The molecule has 1 aromatic carbocycles. The van der Waals surface area contributed by atoms with Crippen LogP contribution in [0.4, 0.5) is 0 Å². The molecule has 0 radical (unpaired) electrons. The summed E-state index contributed by atoms with van der Waals surface area (Å²) in [5.41, 5.74) is 2.31. The molecule has 0 spiro atoms. The van der Waals surface area contributed by atoms with Crippen LogP contribution in [0, 0.1) is 6.92 Å². The maximum Gasteiger partial charge on any atom is 0.236 e. The van der Waals surface area contributed by atoms with Crippen molar-refractivity contribution in [1.82, 2.24) is 15.1 Å². The first-order chi connectivity index (χ1) is 11.4. The Bertz CT molecular complexity index is 591. The summed E-state index contributed by atoms with van der Waals surface area (Å²) in [6, 6.07) is 8.25. The standard InChI is InChI=1S/C18H27N3O2S/c1-13-6-5-7-15(12-13)18-21(17(23)14(2)24-18)10-8-16(22)19-9-11-20(3)4/h5-7,12,14,18H,8-11H2,1-4H3,(H,19,22). The van der Waals surface area contributed by atoms with Gasteiger partial charge in [-0.15, -0.1) is 11.8 Å². The minimum absolute atomic E-state index is 0.00183. The topological polar surface area (TPSA) is 52.7 Å². The first-order valence-corrected chi connectivity index (χ1v) is 9.26. The summed E-state index contributed by atoms with van der Waals surface area (Å²) in [5.74, 6) is 0.116. The Morgan fingerprint density at radius 2 is 2.12 bits per heavy atom. The van der Waals surface area contributed by atoms with Crippen LogP contribution in [-0.4, -0.2) is 60.6 Å². The largest absolute Gasteiger partial charge is 0.355 e. The van der Waals surface area contributed by atoms with Gasteiger partial charge in [-0.1, -0.05) is 29.8 Å². The van der Waals surface area contributed by atoms with Crippen LogP contribution in [0.3, 0.4) is 0 Å². The Morgan fingerprint density at radius 3 is 2.79 bits per heavy atom. The zero-order valence-electron chi connectivity index (χ0n) is 14.9. The van der Waals surface area contributed by atoms with Crippen LogP contribution in [-0.2, 0) is 9.59 Å². The minimum Gasteiger partial charge on any atom is -0.355 e. The smallest absolute Gasteiger partial charge is 0.236 e. The number of hydrogen-bond donors (Lipinski definition) is 1. The summed E-state index contributed by atoms with van der Waals surface area (Å²) in [7, 11) is 3.94. The van der Waals surface area contributed by atoms with Gasteiger partial charge in [0.05, 0.1) is 5.25 Å². The molecule has 1 aliphatic rings. The van der Waals surface area contributed by atoms with Crippen LogP contribution in [0.5, 0.6) is 0 Å². The van der Waals surface area contributed by atoms with E-state index in [0.29, 0.717) is 19.5 Å². The summed E-state index contributed by atoms with van der Waals surface area (Å²) in [5, 5.41) is 2.84. The molecule has 2 amide bonds. The van der Waals surface area contributed by atoms with Crippen molar-refractivity contribution in [2.24, 2.45) is 0 Å². The highest BCUT2D eigenvalue weighted by atomic mass is 32.2. The molecule has 1 saturated heterocycles. The quantitative estimate of drug-likeness (QED) is 0.818. The molecule has 1 heterocycles. The molecular weight excluding hydrogens is 322 g/mol. The maximum absolute atomic E-state index is 12.5. The predicted molar refractivity (Wildman–Crippen MR) is 98.9 cm³/mol. The number of aryl methyl sites for hydroxylation is 1. The van der Waals surface area contributed by atoms with Gasteiger partial charge in [-0.25, -0.2) is 0 Å².